The SMILES string of the molecule is CCCC1CCN(CCCS(N)(=O)=O)C1. The van der Waals surface area contributed by atoms with Crippen molar-refractivity contribution in [2.75, 3.05) is 25.4 Å². The number of primary sulfonamides is 1. The van der Waals surface area contributed by atoms with Crippen molar-refractivity contribution >= 4 is 10.0 Å². The number of nitrogens with two attached hydrogens (primary N) is 1. The van der Waals surface area contributed by atoms with E-state index in [9.17, 15) is 8.42 Å². The van der Waals surface area contributed by atoms with E-state index in [1.165, 1.54) is 19.3 Å². The molecule has 0 saturated carbocycles. The fourth-order valence-corrected chi connectivity index (χ4v) is 2.78. The van der Waals surface area contributed by atoms with Gasteiger partial charge in [-0.3, -0.25) is 0 Å². The summed E-state index contributed by atoms with van der Waals surface area (Å²) in [7, 11) is -3.27. The van der Waals surface area contributed by atoms with Crippen molar-refractivity contribution in [3.05, 3.63) is 0 Å². The molecule has 1 unspecified atom stereocenters. The van der Waals surface area contributed by atoms with E-state index in [0.717, 1.165) is 25.6 Å². The van der Waals surface area contributed by atoms with Gasteiger partial charge in [-0.15, -0.1) is 0 Å². The maximum atomic E-state index is 10.7. The number of hydrogen-bond acceptors (Lipinski definition) is 3. The second-order valence-electron chi connectivity index (χ2n) is 4.46. The normalized spacial score (nSPS) is 23.5. The summed E-state index contributed by atoms with van der Waals surface area (Å²) in [6, 6.07) is 0. The highest BCUT2D eigenvalue weighted by Gasteiger charge is 2.21. The number of likely N-dealkylation sites (tertiary alicyclic amines) is 1. The van der Waals surface area contributed by atoms with Gasteiger partial charge in [0.25, 0.3) is 0 Å². The molecule has 0 spiro atoms. The van der Waals surface area contributed by atoms with Gasteiger partial charge in [0.2, 0.25) is 10.0 Å². The average molecular weight is 234 g/mol. The lowest BCUT2D eigenvalue weighted by Crippen LogP contribution is -2.25. The molecule has 0 aromatic heterocycles. The molecule has 0 amide bonds. The third-order valence-corrected chi connectivity index (χ3v) is 3.83. The Bertz CT molecular complexity index is 277. The zero-order valence-electron chi connectivity index (χ0n) is 9.48. The van der Waals surface area contributed by atoms with Gasteiger partial charge in [0, 0.05) is 6.54 Å². The minimum atomic E-state index is -3.27. The molecule has 1 fully saturated rings. The first-order valence-corrected chi connectivity index (χ1v) is 7.45. The van der Waals surface area contributed by atoms with Crippen molar-refractivity contribution in [2.24, 2.45) is 11.1 Å². The quantitative estimate of drug-likeness (QED) is 0.739. The molecule has 5 heteroatoms. The van der Waals surface area contributed by atoms with Crippen molar-refractivity contribution in [1.82, 2.24) is 4.90 Å². The summed E-state index contributed by atoms with van der Waals surface area (Å²) in [5.74, 6) is 0.937. The summed E-state index contributed by atoms with van der Waals surface area (Å²) >= 11 is 0. The third kappa shape index (κ3) is 5.49. The number of hydrogen-bond donors (Lipinski definition) is 1. The van der Waals surface area contributed by atoms with Gasteiger partial charge in [-0.05, 0) is 38.3 Å². The van der Waals surface area contributed by atoms with Gasteiger partial charge >= 0.3 is 0 Å². The predicted molar refractivity (Wildman–Crippen MR) is 62.0 cm³/mol. The number of nitrogens with zero attached hydrogens (tertiary/aromatic N) is 1. The Morgan fingerprint density at radius 1 is 1.47 bits per heavy atom. The molecule has 0 bridgehead atoms. The molecule has 1 aliphatic heterocycles. The fourth-order valence-electron chi connectivity index (χ4n) is 2.25. The van der Waals surface area contributed by atoms with Crippen LogP contribution in [0.25, 0.3) is 0 Å². The summed E-state index contributed by atoms with van der Waals surface area (Å²) in [6.07, 6.45) is 4.47. The molecule has 90 valence electrons. The Kier molecular flexibility index (Phi) is 5.02. The molecule has 1 aliphatic rings. The maximum absolute atomic E-state index is 10.7. The second-order valence-corrected chi connectivity index (χ2v) is 6.20. The minimum absolute atomic E-state index is 0.113. The topological polar surface area (TPSA) is 63.4 Å². The van der Waals surface area contributed by atoms with E-state index in [2.05, 4.69) is 11.8 Å². The summed E-state index contributed by atoms with van der Waals surface area (Å²) in [6.45, 7) is 5.34. The molecular weight excluding hydrogens is 212 g/mol. The van der Waals surface area contributed by atoms with Gasteiger partial charge in [0.05, 0.1) is 5.75 Å². The van der Waals surface area contributed by atoms with Crippen LogP contribution in [0.4, 0.5) is 0 Å². The standard InChI is InChI=1S/C10H22N2O2S/c1-2-4-10-5-7-12(9-10)6-3-8-15(11,13)14/h10H,2-9H2,1H3,(H2,11,13,14). The van der Waals surface area contributed by atoms with Crippen molar-refractivity contribution in [1.29, 1.82) is 0 Å². The van der Waals surface area contributed by atoms with E-state index in [1.54, 1.807) is 0 Å². The first-order valence-electron chi connectivity index (χ1n) is 5.74. The van der Waals surface area contributed by atoms with Crippen LogP contribution in [0, 0.1) is 5.92 Å². The van der Waals surface area contributed by atoms with Gasteiger partial charge in [-0.1, -0.05) is 13.3 Å². The molecule has 0 aromatic carbocycles. The van der Waals surface area contributed by atoms with Crippen LogP contribution in [-0.4, -0.2) is 38.7 Å². The summed E-state index contributed by atoms with van der Waals surface area (Å²) in [5, 5.41) is 4.95. The largest absolute Gasteiger partial charge is 0.303 e. The molecule has 1 atom stereocenters. The molecule has 15 heavy (non-hydrogen) atoms. The van der Waals surface area contributed by atoms with Gasteiger partial charge in [-0.25, -0.2) is 13.6 Å². The Labute approximate surface area is 92.9 Å². The van der Waals surface area contributed by atoms with E-state index < -0.39 is 10.0 Å². The monoisotopic (exact) mass is 234 g/mol. The van der Waals surface area contributed by atoms with Crippen LogP contribution in [-0.2, 0) is 10.0 Å². The van der Waals surface area contributed by atoms with Gasteiger partial charge in [0.15, 0.2) is 0 Å². The molecular formula is C10H22N2O2S. The molecule has 1 rings (SSSR count). The number of rotatable bonds is 6. The van der Waals surface area contributed by atoms with Crippen LogP contribution < -0.4 is 5.14 Å². The zero-order valence-corrected chi connectivity index (χ0v) is 10.3. The predicted octanol–water partition coefficient (Wildman–Crippen LogP) is 0.787. The van der Waals surface area contributed by atoms with Crippen LogP contribution in [0.1, 0.15) is 32.6 Å². The van der Waals surface area contributed by atoms with E-state index in [1.807, 2.05) is 0 Å². The molecule has 0 aliphatic carbocycles. The number of sulfonamides is 1. The fraction of sp³-hybridized carbons (Fsp3) is 1.00. The van der Waals surface area contributed by atoms with Gasteiger partial charge in [-0.2, -0.15) is 0 Å². The first kappa shape index (κ1) is 12.9. The van der Waals surface area contributed by atoms with Gasteiger partial charge < -0.3 is 4.90 Å². The lowest BCUT2D eigenvalue weighted by Gasteiger charge is -2.15. The zero-order chi connectivity index (χ0) is 11.3. The Morgan fingerprint density at radius 2 is 2.20 bits per heavy atom. The van der Waals surface area contributed by atoms with Gasteiger partial charge in [0.1, 0.15) is 0 Å². The lowest BCUT2D eigenvalue weighted by atomic mass is 10.0. The molecule has 4 nitrogen and oxygen atoms in total. The Morgan fingerprint density at radius 3 is 2.80 bits per heavy atom. The molecule has 1 heterocycles. The van der Waals surface area contributed by atoms with Crippen molar-refractivity contribution in [3.8, 4) is 0 Å². The second kappa shape index (κ2) is 5.82. The summed E-state index contributed by atoms with van der Waals surface area (Å²) in [5.41, 5.74) is 0. The lowest BCUT2D eigenvalue weighted by molar-refractivity contribution is 0.321. The van der Waals surface area contributed by atoms with Crippen LogP contribution in [0.3, 0.4) is 0 Å². The summed E-state index contributed by atoms with van der Waals surface area (Å²) < 4.78 is 21.5. The Hall–Kier alpha value is -0.130. The highest BCUT2D eigenvalue weighted by atomic mass is 32.2. The molecule has 0 aromatic rings. The molecule has 2 N–H and O–H groups in total. The minimum Gasteiger partial charge on any atom is -0.303 e. The first-order chi connectivity index (χ1) is 7.01. The highest BCUT2D eigenvalue weighted by Crippen LogP contribution is 2.20. The highest BCUT2D eigenvalue weighted by molar-refractivity contribution is 7.89. The van der Waals surface area contributed by atoms with E-state index in [4.69, 9.17) is 5.14 Å². The Balaban J connectivity index is 2.14. The smallest absolute Gasteiger partial charge is 0.209 e. The van der Waals surface area contributed by atoms with E-state index in [0.29, 0.717) is 6.42 Å². The third-order valence-electron chi connectivity index (χ3n) is 2.97. The van der Waals surface area contributed by atoms with Crippen LogP contribution in [0.15, 0.2) is 0 Å². The van der Waals surface area contributed by atoms with Crippen molar-refractivity contribution < 1.29 is 8.42 Å². The molecule has 1 saturated heterocycles. The summed E-state index contributed by atoms with van der Waals surface area (Å²) in [4.78, 5) is 2.35. The van der Waals surface area contributed by atoms with E-state index >= 15 is 0 Å². The van der Waals surface area contributed by atoms with Crippen LogP contribution in [0.2, 0.25) is 0 Å². The van der Waals surface area contributed by atoms with E-state index in [-0.39, 0.29) is 5.75 Å². The van der Waals surface area contributed by atoms with Crippen molar-refractivity contribution in [2.45, 2.75) is 32.6 Å². The average Bonchev–Trinajstić information content (AvgIpc) is 2.51. The van der Waals surface area contributed by atoms with Crippen LogP contribution in [0.5, 0.6) is 0 Å². The van der Waals surface area contributed by atoms with Crippen molar-refractivity contribution in [3.63, 3.8) is 0 Å². The molecule has 0 radical (unpaired) electrons. The maximum Gasteiger partial charge on any atom is 0.209 e. The van der Waals surface area contributed by atoms with Crippen LogP contribution >= 0.6 is 0 Å².